The average Bonchev–Trinajstić information content (AvgIpc) is 1.69. The van der Waals surface area contributed by atoms with Crippen molar-refractivity contribution in [1.29, 1.82) is 0 Å². The third-order valence-electron chi connectivity index (χ3n) is 0.158. The molecule has 0 amide bonds. The van der Waals surface area contributed by atoms with Crippen molar-refractivity contribution in [1.82, 2.24) is 5.48 Å². The number of rotatable bonds is 1. The molecular weight excluding hydrogens is 98.0 g/mol. The van der Waals surface area contributed by atoms with Crippen molar-refractivity contribution in [3.63, 3.8) is 0 Å². The lowest BCUT2D eigenvalue weighted by Gasteiger charge is -1.75. The molecule has 0 aromatic carbocycles. The van der Waals surface area contributed by atoms with E-state index in [-0.39, 0.29) is 6.47 Å². The van der Waals surface area contributed by atoms with Crippen molar-refractivity contribution in [2.75, 3.05) is 6.54 Å². The quantitative estimate of drug-likeness (QED) is 0.317. The maximum absolute atomic E-state index is 8.36. The standard InChI is InChI=1S/C2H7NO.CH2O2/c1-2-3-4;2-1-3/h3-4H,2H2,1H3;1H,(H,2,3). The molecule has 0 saturated carbocycles. The number of carboxylic acid groups (broad SMARTS) is 1. The van der Waals surface area contributed by atoms with Gasteiger partial charge in [-0.15, -0.1) is 0 Å². The summed E-state index contributed by atoms with van der Waals surface area (Å²) in [6, 6.07) is 0. The molecule has 44 valence electrons. The van der Waals surface area contributed by atoms with Crippen LogP contribution in [-0.4, -0.2) is 23.3 Å². The van der Waals surface area contributed by atoms with Crippen LogP contribution in [0.2, 0.25) is 0 Å². The summed E-state index contributed by atoms with van der Waals surface area (Å²) in [5.41, 5.74) is 1.93. The Hall–Kier alpha value is -0.610. The predicted octanol–water partition coefficient (Wildman–Crippen LogP) is -0.314. The maximum Gasteiger partial charge on any atom is 0.290 e. The lowest BCUT2D eigenvalue weighted by Crippen LogP contribution is -2.02. The van der Waals surface area contributed by atoms with Crippen molar-refractivity contribution < 1.29 is 15.1 Å². The molecule has 0 aliphatic heterocycles. The van der Waals surface area contributed by atoms with Gasteiger partial charge in [0, 0.05) is 6.54 Å². The molecule has 7 heavy (non-hydrogen) atoms. The van der Waals surface area contributed by atoms with E-state index in [2.05, 4.69) is 0 Å². The highest BCUT2D eigenvalue weighted by Gasteiger charge is 1.51. The number of hydrogen-bond acceptors (Lipinski definition) is 3. The normalized spacial score (nSPS) is 6.00. The van der Waals surface area contributed by atoms with Gasteiger partial charge in [0.15, 0.2) is 0 Å². The number of carbonyl (C=O) groups is 1. The largest absolute Gasteiger partial charge is 0.483 e. The lowest BCUT2D eigenvalue weighted by molar-refractivity contribution is -0.122. The Morgan fingerprint density at radius 1 is 1.86 bits per heavy atom. The summed E-state index contributed by atoms with van der Waals surface area (Å²) in [5, 5.41) is 14.5. The number of hydroxylamine groups is 1. The SMILES string of the molecule is CCNO.O=CO. The topological polar surface area (TPSA) is 69.6 Å². The molecule has 0 rings (SSSR count). The van der Waals surface area contributed by atoms with Gasteiger partial charge in [-0.3, -0.25) is 4.79 Å². The van der Waals surface area contributed by atoms with Gasteiger partial charge in [-0.2, -0.15) is 0 Å². The second-order valence-electron chi connectivity index (χ2n) is 0.617. The van der Waals surface area contributed by atoms with Crippen LogP contribution in [0.25, 0.3) is 0 Å². The Morgan fingerprint density at radius 3 is 2.00 bits per heavy atom. The summed E-state index contributed by atoms with van der Waals surface area (Å²) >= 11 is 0. The van der Waals surface area contributed by atoms with Crippen LogP contribution in [0.5, 0.6) is 0 Å². The first kappa shape index (κ1) is 9.63. The van der Waals surface area contributed by atoms with Crippen LogP contribution in [0, 0.1) is 0 Å². The summed E-state index contributed by atoms with van der Waals surface area (Å²) in [4.78, 5) is 8.36. The molecule has 4 nitrogen and oxygen atoms in total. The van der Waals surface area contributed by atoms with Crippen LogP contribution in [-0.2, 0) is 4.79 Å². The zero-order valence-corrected chi connectivity index (χ0v) is 4.09. The van der Waals surface area contributed by atoms with Gasteiger partial charge < -0.3 is 10.3 Å². The van der Waals surface area contributed by atoms with Crippen LogP contribution in [0.1, 0.15) is 6.92 Å². The first-order valence-corrected chi connectivity index (χ1v) is 1.78. The van der Waals surface area contributed by atoms with Crippen molar-refractivity contribution in [2.45, 2.75) is 6.92 Å². The van der Waals surface area contributed by atoms with Gasteiger partial charge in [0.2, 0.25) is 0 Å². The van der Waals surface area contributed by atoms with Crippen molar-refractivity contribution in [3.05, 3.63) is 0 Å². The van der Waals surface area contributed by atoms with Gasteiger partial charge in [0.1, 0.15) is 0 Å². The third kappa shape index (κ3) is 407. The van der Waals surface area contributed by atoms with Gasteiger partial charge in [-0.25, -0.2) is 5.48 Å². The van der Waals surface area contributed by atoms with Gasteiger partial charge >= 0.3 is 0 Å². The zero-order chi connectivity index (χ0) is 6.12. The molecule has 0 fully saturated rings. The zero-order valence-electron chi connectivity index (χ0n) is 4.09. The van der Waals surface area contributed by atoms with Crippen LogP contribution in [0.15, 0.2) is 0 Å². The minimum atomic E-state index is -0.250. The second-order valence-corrected chi connectivity index (χ2v) is 0.617. The monoisotopic (exact) mass is 107 g/mol. The summed E-state index contributed by atoms with van der Waals surface area (Å²) in [6.45, 7) is 2.19. The molecule has 4 heteroatoms. The highest BCUT2D eigenvalue weighted by Crippen LogP contribution is 1.34. The molecule has 0 aromatic rings. The predicted molar refractivity (Wildman–Crippen MR) is 24.2 cm³/mol. The van der Waals surface area contributed by atoms with Gasteiger partial charge in [0.25, 0.3) is 6.47 Å². The van der Waals surface area contributed by atoms with Crippen LogP contribution >= 0.6 is 0 Å². The molecule has 0 aromatic heterocycles. The molecule has 0 bridgehead atoms. The highest BCUT2D eigenvalue weighted by molar-refractivity contribution is 5.32. The van der Waals surface area contributed by atoms with Crippen molar-refractivity contribution >= 4 is 6.47 Å². The van der Waals surface area contributed by atoms with Crippen LogP contribution in [0.4, 0.5) is 0 Å². The van der Waals surface area contributed by atoms with Gasteiger partial charge in [0.05, 0.1) is 0 Å². The minimum absolute atomic E-state index is 0.250. The molecular formula is C3H9NO3. The van der Waals surface area contributed by atoms with Gasteiger partial charge in [-0.1, -0.05) is 6.92 Å². The molecule has 0 heterocycles. The Kier molecular flexibility index (Phi) is 25.0. The number of hydrogen-bond donors (Lipinski definition) is 3. The summed E-state index contributed by atoms with van der Waals surface area (Å²) in [6.07, 6.45) is 0. The van der Waals surface area contributed by atoms with E-state index in [9.17, 15) is 0 Å². The van der Waals surface area contributed by atoms with E-state index in [0.717, 1.165) is 0 Å². The Bertz CT molecular complexity index is 29.4. The first-order chi connectivity index (χ1) is 3.33. The smallest absolute Gasteiger partial charge is 0.290 e. The first-order valence-electron chi connectivity index (χ1n) is 1.78. The average molecular weight is 107 g/mol. The summed E-state index contributed by atoms with van der Waals surface area (Å²) in [7, 11) is 0. The molecule has 0 spiro atoms. The van der Waals surface area contributed by atoms with Crippen molar-refractivity contribution in [3.8, 4) is 0 Å². The molecule has 0 unspecified atom stereocenters. The Labute approximate surface area is 41.7 Å². The Balaban J connectivity index is 0. The molecule has 0 aliphatic carbocycles. The van der Waals surface area contributed by atoms with E-state index in [1.807, 2.05) is 12.4 Å². The second kappa shape index (κ2) is 18.2. The van der Waals surface area contributed by atoms with E-state index < -0.39 is 0 Å². The molecule has 3 N–H and O–H groups in total. The minimum Gasteiger partial charge on any atom is -0.483 e. The van der Waals surface area contributed by atoms with E-state index in [1.165, 1.54) is 0 Å². The maximum atomic E-state index is 8.36. The third-order valence-corrected chi connectivity index (χ3v) is 0.158. The van der Waals surface area contributed by atoms with Crippen LogP contribution in [0.3, 0.4) is 0 Å². The van der Waals surface area contributed by atoms with Crippen LogP contribution < -0.4 is 5.48 Å². The van der Waals surface area contributed by atoms with Crippen molar-refractivity contribution in [2.24, 2.45) is 0 Å². The molecule has 0 saturated heterocycles. The van der Waals surface area contributed by atoms with E-state index in [1.54, 1.807) is 0 Å². The van der Waals surface area contributed by atoms with E-state index >= 15 is 0 Å². The Morgan fingerprint density at radius 2 is 2.00 bits per heavy atom. The summed E-state index contributed by atoms with van der Waals surface area (Å²) in [5.74, 6) is 0. The fraction of sp³-hybridized carbons (Fsp3) is 0.667. The lowest BCUT2D eigenvalue weighted by atomic mass is 10.8. The van der Waals surface area contributed by atoms with E-state index in [0.29, 0.717) is 6.54 Å². The highest BCUT2D eigenvalue weighted by atomic mass is 16.5. The fourth-order valence-corrected chi connectivity index (χ4v) is 0. The molecule has 0 radical (unpaired) electrons. The number of nitrogens with one attached hydrogen (secondary N) is 1. The van der Waals surface area contributed by atoms with Gasteiger partial charge in [-0.05, 0) is 0 Å². The summed E-state index contributed by atoms with van der Waals surface area (Å²) < 4.78 is 0. The molecule has 0 aliphatic rings. The van der Waals surface area contributed by atoms with E-state index in [4.69, 9.17) is 15.1 Å². The molecule has 0 atom stereocenters. The fourth-order valence-electron chi connectivity index (χ4n) is 0.